The summed E-state index contributed by atoms with van der Waals surface area (Å²) in [5.41, 5.74) is 0. The van der Waals surface area contributed by atoms with E-state index >= 15 is 0 Å². The molecule has 2 rings (SSSR count). The molecule has 0 unspecified atom stereocenters. The number of carbonyl (C=O) groups is 1. The number of rotatable bonds is 4. The normalized spacial score (nSPS) is 11.5. The van der Waals surface area contributed by atoms with E-state index in [4.69, 9.17) is 0 Å². The van der Waals surface area contributed by atoms with E-state index in [1.165, 1.54) is 23.5 Å². The Kier molecular flexibility index (Phi) is 4.23. The molecule has 0 N–H and O–H groups in total. The Morgan fingerprint density at radius 1 is 1.16 bits per heavy atom. The van der Waals surface area contributed by atoms with Gasteiger partial charge in [0, 0.05) is 9.35 Å². The number of thiophene rings is 1. The first-order valence-corrected chi connectivity index (χ1v) is 8.72. The third-order valence-corrected chi connectivity index (χ3v) is 5.71. The van der Waals surface area contributed by atoms with E-state index < -0.39 is 15.6 Å². The lowest BCUT2D eigenvalue weighted by Gasteiger charge is -2.03. The summed E-state index contributed by atoms with van der Waals surface area (Å²) in [7, 11) is -3.58. The molecule has 0 aliphatic heterocycles. The number of halogens is 1. The van der Waals surface area contributed by atoms with Crippen molar-refractivity contribution in [2.24, 2.45) is 0 Å². The van der Waals surface area contributed by atoms with Crippen LogP contribution in [0.3, 0.4) is 0 Å². The molecular formula is C13H11BrO3S2. The Balaban J connectivity index is 2.22. The topological polar surface area (TPSA) is 51.2 Å². The minimum Gasteiger partial charge on any atom is -0.292 e. The van der Waals surface area contributed by atoms with Crippen molar-refractivity contribution in [1.29, 1.82) is 0 Å². The summed E-state index contributed by atoms with van der Waals surface area (Å²) < 4.78 is 25.0. The molecule has 1 aromatic heterocycles. The van der Waals surface area contributed by atoms with Crippen LogP contribution in [0.4, 0.5) is 0 Å². The average molecular weight is 359 g/mol. The predicted octanol–water partition coefficient (Wildman–Crippen LogP) is 3.48. The molecule has 19 heavy (non-hydrogen) atoms. The van der Waals surface area contributed by atoms with Gasteiger partial charge in [0.15, 0.2) is 15.6 Å². The second kappa shape index (κ2) is 5.56. The first-order valence-electron chi connectivity index (χ1n) is 5.46. The predicted molar refractivity (Wildman–Crippen MR) is 79.6 cm³/mol. The zero-order chi connectivity index (χ0) is 14.0. The average Bonchev–Trinajstić information content (AvgIpc) is 2.76. The van der Waals surface area contributed by atoms with Crippen LogP contribution >= 0.6 is 27.3 Å². The van der Waals surface area contributed by atoms with Crippen LogP contribution in [0.1, 0.15) is 14.5 Å². The molecule has 0 radical (unpaired) electrons. The Morgan fingerprint density at radius 2 is 1.79 bits per heavy atom. The lowest BCUT2D eigenvalue weighted by Crippen LogP contribution is -2.15. The van der Waals surface area contributed by atoms with Gasteiger partial charge in [-0.2, -0.15) is 0 Å². The highest BCUT2D eigenvalue weighted by Gasteiger charge is 2.21. The SMILES string of the molecule is Cc1ccc(C(=O)CS(=O)(=O)c2ccc(Br)cc2)s1. The monoisotopic (exact) mass is 358 g/mol. The second-order valence-electron chi connectivity index (χ2n) is 4.05. The Bertz CT molecular complexity index is 700. The molecule has 2 aromatic rings. The number of sulfone groups is 1. The van der Waals surface area contributed by atoms with Gasteiger partial charge in [0.1, 0.15) is 5.75 Å². The van der Waals surface area contributed by atoms with Gasteiger partial charge in [-0.3, -0.25) is 4.79 Å². The highest BCUT2D eigenvalue weighted by Crippen LogP contribution is 2.20. The molecule has 0 spiro atoms. The molecular weight excluding hydrogens is 348 g/mol. The van der Waals surface area contributed by atoms with Gasteiger partial charge in [0.05, 0.1) is 9.77 Å². The minimum absolute atomic E-state index is 0.164. The van der Waals surface area contributed by atoms with Crippen LogP contribution in [-0.4, -0.2) is 20.0 Å². The number of hydrogen-bond donors (Lipinski definition) is 0. The van der Waals surface area contributed by atoms with Crippen molar-refractivity contribution in [2.75, 3.05) is 5.75 Å². The molecule has 6 heteroatoms. The molecule has 0 atom stereocenters. The standard InChI is InChI=1S/C13H11BrO3S2/c1-9-2-7-13(18-9)12(15)8-19(16,17)11-5-3-10(14)4-6-11/h2-7H,8H2,1H3. The van der Waals surface area contributed by atoms with E-state index in [1.807, 2.05) is 13.0 Å². The fourth-order valence-corrected chi connectivity index (χ4v) is 3.93. The molecule has 0 bridgehead atoms. The van der Waals surface area contributed by atoms with Crippen molar-refractivity contribution in [3.63, 3.8) is 0 Å². The number of carbonyl (C=O) groups excluding carboxylic acids is 1. The van der Waals surface area contributed by atoms with Gasteiger partial charge in [-0.15, -0.1) is 11.3 Å². The van der Waals surface area contributed by atoms with Crippen molar-refractivity contribution in [2.45, 2.75) is 11.8 Å². The molecule has 3 nitrogen and oxygen atoms in total. The van der Waals surface area contributed by atoms with Gasteiger partial charge in [-0.1, -0.05) is 15.9 Å². The van der Waals surface area contributed by atoms with E-state index in [0.717, 1.165) is 9.35 Å². The summed E-state index contributed by atoms with van der Waals surface area (Å²) in [6.45, 7) is 1.88. The Hall–Kier alpha value is -0.980. The summed E-state index contributed by atoms with van der Waals surface area (Å²) in [5, 5.41) is 0. The van der Waals surface area contributed by atoms with Crippen molar-refractivity contribution in [3.05, 3.63) is 50.6 Å². The van der Waals surface area contributed by atoms with Gasteiger partial charge in [-0.05, 0) is 43.3 Å². The number of aryl methyl sites for hydroxylation is 1. The second-order valence-corrected chi connectivity index (χ2v) is 8.24. The summed E-state index contributed by atoms with van der Waals surface area (Å²) >= 11 is 4.56. The molecule has 0 aliphatic rings. The molecule has 0 amide bonds. The Morgan fingerprint density at radius 3 is 2.32 bits per heavy atom. The quantitative estimate of drug-likeness (QED) is 0.786. The van der Waals surface area contributed by atoms with Crippen molar-refractivity contribution >= 4 is 42.9 Å². The fourth-order valence-electron chi connectivity index (χ4n) is 1.55. The first kappa shape index (κ1) is 14.4. The maximum atomic E-state index is 12.1. The van der Waals surface area contributed by atoms with Crippen molar-refractivity contribution < 1.29 is 13.2 Å². The zero-order valence-electron chi connectivity index (χ0n) is 10.1. The number of benzene rings is 1. The van der Waals surface area contributed by atoms with Gasteiger partial charge in [-0.25, -0.2) is 8.42 Å². The summed E-state index contributed by atoms with van der Waals surface area (Å²) in [6, 6.07) is 9.75. The summed E-state index contributed by atoms with van der Waals surface area (Å²) in [6.07, 6.45) is 0. The maximum absolute atomic E-state index is 12.1. The molecule has 0 aliphatic carbocycles. The molecule has 1 aromatic carbocycles. The van der Waals surface area contributed by atoms with Crippen molar-refractivity contribution in [1.82, 2.24) is 0 Å². The Labute approximate surface area is 124 Å². The third-order valence-electron chi connectivity index (χ3n) is 2.51. The van der Waals surface area contributed by atoms with Crippen LogP contribution in [0.15, 0.2) is 45.8 Å². The highest BCUT2D eigenvalue weighted by molar-refractivity contribution is 9.10. The summed E-state index contributed by atoms with van der Waals surface area (Å²) in [5.74, 6) is -0.852. The van der Waals surface area contributed by atoms with E-state index in [1.54, 1.807) is 18.2 Å². The van der Waals surface area contributed by atoms with E-state index in [-0.39, 0.29) is 10.7 Å². The van der Waals surface area contributed by atoms with Gasteiger partial charge >= 0.3 is 0 Å². The van der Waals surface area contributed by atoms with E-state index in [2.05, 4.69) is 15.9 Å². The number of hydrogen-bond acceptors (Lipinski definition) is 4. The molecule has 0 saturated heterocycles. The van der Waals surface area contributed by atoms with Gasteiger partial charge < -0.3 is 0 Å². The lowest BCUT2D eigenvalue weighted by atomic mass is 10.3. The van der Waals surface area contributed by atoms with Crippen LogP contribution in [0, 0.1) is 6.92 Å². The van der Waals surface area contributed by atoms with Crippen LogP contribution in [0.5, 0.6) is 0 Å². The minimum atomic E-state index is -3.58. The van der Waals surface area contributed by atoms with Crippen LogP contribution in [-0.2, 0) is 9.84 Å². The van der Waals surface area contributed by atoms with Crippen LogP contribution < -0.4 is 0 Å². The fraction of sp³-hybridized carbons (Fsp3) is 0.154. The van der Waals surface area contributed by atoms with Crippen LogP contribution in [0.2, 0.25) is 0 Å². The third kappa shape index (κ3) is 3.52. The van der Waals surface area contributed by atoms with E-state index in [9.17, 15) is 13.2 Å². The van der Waals surface area contributed by atoms with Crippen LogP contribution in [0.25, 0.3) is 0 Å². The molecule has 1 heterocycles. The largest absolute Gasteiger partial charge is 0.292 e. The van der Waals surface area contributed by atoms with Crippen molar-refractivity contribution in [3.8, 4) is 0 Å². The smallest absolute Gasteiger partial charge is 0.188 e. The van der Waals surface area contributed by atoms with E-state index in [0.29, 0.717) is 4.88 Å². The summed E-state index contributed by atoms with van der Waals surface area (Å²) in [4.78, 5) is 13.6. The number of Topliss-reactive ketones (excluding diaryl/α,β-unsaturated/α-hetero) is 1. The number of ketones is 1. The molecule has 0 fully saturated rings. The lowest BCUT2D eigenvalue weighted by molar-refractivity contribution is 0.102. The first-order chi connectivity index (χ1) is 8.88. The highest BCUT2D eigenvalue weighted by atomic mass is 79.9. The molecule has 0 saturated carbocycles. The van der Waals surface area contributed by atoms with Gasteiger partial charge in [0.25, 0.3) is 0 Å². The zero-order valence-corrected chi connectivity index (χ0v) is 13.3. The molecule has 100 valence electrons. The van der Waals surface area contributed by atoms with Gasteiger partial charge in [0.2, 0.25) is 0 Å². The maximum Gasteiger partial charge on any atom is 0.188 e.